The van der Waals surface area contributed by atoms with E-state index in [4.69, 9.17) is 10.5 Å². The fraction of sp³-hybridized carbons (Fsp3) is 0.231. The molecule has 0 bridgehead atoms. The standard InChI is InChI=1S/C13H14BrN3O2S/c1-2-19-13(18)10-5-8(15)6-16-12(10)17-7-9-3-4-11(14)20-9/h3-6H,2,7,15H2,1H3,(H,16,17). The first-order chi connectivity index (χ1) is 9.60. The first-order valence-electron chi connectivity index (χ1n) is 6.01. The third kappa shape index (κ3) is 3.71. The van der Waals surface area contributed by atoms with Crippen LogP contribution in [0.15, 0.2) is 28.2 Å². The van der Waals surface area contributed by atoms with Crippen molar-refractivity contribution in [2.75, 3.05) is 17.7 Å². The lowest BCUT2D eigenvalue weighted by Crippen LogP contribution is -2.11. The van der Waals surface area contributed by atoms with E-state index in [0.717, 1.165) is 8.66 Å². The Morgan fingerprint density at radius 1 is 1.55 bits per heavy atom. The van der Waals surface area contributed by atoms with Gasteiger partial charge >= 0.3 is 5.97 Å². The van der Waals surface area contributed by atoms with Crippen LogP contribution in [0.1, 0.15) is 22.2 Å². The Morgan fingerprint density at radius 3 is 3.00 bits per heavy atom. The molecular weight excluding hydrogens is 342 g/mol. The van der Waals surface area contributed by atoms with Gasteiger partial charge in [0.2, 0.25) is 0 Å². The van der Waals surface area contributed by atoms with Crippen LogP contribution in [0.5, 0.6) is 0 Å². The lowest BCUT2D eigenvalue weighted by Gasteiger charge is -2.10. The molecule has 7 heteroatoms. The van der Waals surface area contributed by atoms with Crippen molar-refractivity contribution < 1.29 is 9.53 Å². The maximum Gasteiger partial charge on any atom is 0.341 e. The Balaban J connectivity index is 2.16. The van der Waals surface area contributed by atoms with Crippen LogP contribution >= 0.6 is 27.3 Å². The van der Waals surface area contributed by atoms with Gasteiger partial charge in [-0.2, -0.15) is 0 Å². The molecule has 2 aromatic rings. The van der Waals surface area contributed by atoms with Gasteiger partial charge in [0.25, 0.3) is 0 Å². The summed E-state index contributed by atoms with van der Waals surface area (Å²) in [5, 5.41) is 3.13. The molecule has 106 valence electrons. The summed E-state index contributed by atoms with van der Waals surface area (Å²) in [6.07, 6.45) is 1.51. The lowest BCUT2D eigenvalue weighted by molar-refractivity contribution is 0.0527. The lowest BCUT2D eigenvalue weighted by atomic mass is 10.2. The third-order valence-corrected chi connectivity index (χ3v) is 4.09. The molecule has 0 fully saturated rings. The first kappa shape index (κ1) is 14.8. The fourth-order valence-electron chi connectivity index (χ4n) is 1.60. The van der Waals surface area contributed by atoms with Crippen molar-refractivity contribution in [3.05, 3.63) is 38.6 Å². The third-order valence-electron chi connectivity index (χ3n) is 2.46. The number of nitrogen functional groups attached to an aromatic ring is 1. The summed E-state index contributed by atoms with van der Waals surface area (Å²) in [4.78, 5) is 17.2. The number of nitrogens with two attached hydrogens (primary N) is 1. The normalized spacial score (nSPS) is 10.3. The number of halogens is 1. The molecule has 0 amide bonds. The molecule has 0 saturated carbocycles. The van der Waals surface area contributed by atoms with Crippen LogP contribution < -0.4 is 11.1 Å². The summed E-state index contributed by atoms with van der Waals surface area (Å²) < 4.78 is 6.06. The van der Waals surface area contributed by atoms with Crippen LogP contribution in [-0.4, -0.2) is 17.6 Å². The molecule has 0 aromatic carbocycles. The van der Waals surface area contributed by atoms with Crippen molar-refractivity contribution in [2.24, 2.45) is 0 Å². The number of esters is 1. The largest absolute Gasteiger partial charge is 0.462 e. The Bertz CT molecular complexity index is 615. The van der Waals surface area contributed by atoms with Gasteiger partial charge in [-0.25, -0.2) is 9.78 Å². The average molecular weight is 356 g/mol. The number of rotatable bonds is 5. The monoisotopic (exact) mass is 355 g/mol. The zero-order valence-electron chi connectivity index (χ0n) is 10.9. The number of hydrogen-bond donors (Lipinski definition) is 2. The van der Waals surface area contributed by atoms with Crippen molar-refractivity contribution >= 4 is 44.7 Å². The number of anilines is 2. The Labute approximate surface area is 129 Å². The summed E-state index contributed by atoms with van der Waals surface area (Å²) in [5.74, 6) is 0.0457. The van der Waals surface area contributed by atoms with Crippen molar-refractivity contribution in [1.82, 2.24) is 4.98 Å². The van der Waals surface area contributed by atoms with E-state index in [1.54, 1.807) is 24.3 Å². The van der Waals surface area contributed by atoms with Crippen LogP contribution in [0.4, 0.5) is 11.5 Å². The quantitative estimate of drug-likeness (QED) is 0.804. The molecule has 2 aromatic heterocycles. The summed E-state index contributed by atoms with van der Waals surface area (Å²) in [6, 6.07) is 5.55. The van der Waals surface area contributed by atoms with E-state index in [1.807, 2.05) is 12.1 Å². The molecule has 0 aliphatic carbocycles. The van der Waals surface area contributed by atoms with E-state index in [9.17, 15) is 4.79 Å². The SMILES string of the molecule is CCOC(=O)c1cc(N)cnc1NCc1ccc(Br)s1. The molecule has 5 nitrogen and oxygen atoms in total. The van der Waals surface area contributed by atoms with Gasteiger partial charge in [-0.15, -0.1) is 11.3 Å². The number of carbonyl (C=O) groups is 1. The van der Waals surface area contributed by atoms with Crippen molar-refractivity contribution in [3.8, 4) is 0 Å². The van der Waals surface area contributed by atoms with Gasteiger partial charge in [-0.1, -0.05) is 0 Å². The van der Waals surface area contributed by atoms with Gasteiger partial charge in [0, 0.05) is 4.88 Å². The number of nitrogens with zero attached hydrogens (tertiary/aromatic N) is 1. The highest BCUT2D eigenvalue weighted by atomic mass is 79.9. The van der Waals surface area contributed by atoms with E-state index >= 15 is 0 Å². The summed E-state index contributed by atoms with van der Waals surface area (Å²) in [7, 11) is 0. The maximum absolute atomic E-state index is 11.9. The molecule has 2 heterocycles. The maximum atomic E-state index is 11.9. The molecule has 0 aliphatic heterocycles. The molecular formula is C13H14BrN3O2S. The van der Waals surface area contributed by atoms with E-state index in [2.05, 4.69) is 26.2 Å². The van der Waals surface area contributed by atoms with E-state index in [0.29, 0.717) is 30.2 Å². The average Bonchev–Trinajstić information content (AvgIpc) is 2.83. The molecule has 0 aliphatic rings. The Hall–Kier alpha value is -1.60. The van der Waals surface area contributed by atoms with Gasteiger partial charge in [0.05, 0.1) is 28.8 Å². The highest BCUT2D eigenvalue weighted by Gasteiger charge is 2.14. The van der Waals surface area contributed by atoms with Gasteiger partial charge in [-0.3, -0.25) is 0 Å². The molecule has 0 spiro atoms. The van der Waals surface area contributed by atoms with Crippen LogP contribution in [0.3, 0.4) is 0 Å². The second-order valence-corrected chi connectivity index (χ2v) is 6.49. The van der Waals surface area contributed by atoms with Crippen LogP contribution in [0.25, 0.3) is 0 Å². The van der Waals surface area contributed by atoms with E-state index < -0.39 is 5.97 Å². The number of pyridine rings is 1. The van der Waals surface area contributed by atoms with Gasteiger partial charge in [0.15, 0.2) is 0 Å². The highest BCUT2D eigenvalue weighted by Crippen LogP contribution is 2.24. The summed E-state index contributed by atoms with van der Waals surface area (Å²) >= 11 is 5.03. The minimum absolute atomic E-state index is 0.310. The number of ether oxygens (including phenoxy) is 1. The second-order valence-electron chi connectivity index (χ2n) is 3.94. The van der Waals surface area contributed by atoms with Crippen LogP contribution in [0.2, 0.25) is 0 Å². The minimum atomic E-state index is -0.429. The van der Waals surface area contributed by atoms with E-state index in [-0.39, 0.29) is 0 Å². The molecule has 0 saturated heterocycles. The molecule has 2 rings (SSSR count). The smallest absolute Gasteiger partial charge is 0.341 e. The topological polar surface area (TPSA) is 77.2 Å². The first-order valence-corrected chi connectivity index (χ1v) is 7.62. The number of hydrogen-bond acceptors (Lipinski definition) is 6. The number of thiophene rings is 1. The summed E-state index contributed by atoms with van der Waals surface area (Å²) in [5.41, 5.74) is 6.45. The zero-order chi connectivity index (χ0) is 14.5. The Kier molecular flexibility index (Phi) is 4.97. The molecule has 3 N–H and O–H groups in total. The summed E-state index contributed by atoms with van der Waals surface area (Å²) in [6.45, 7) is 2.65. The van der Waals surface area contributed by atoms with Gasteiger partial charge in [0.1, 0.15) is 11.4 Å². The second kappa shape index (κ2) is 6.71. The molecule has 0 radical (unpaired) electrons. The van der Waals surface area contributed by atoms with Gasteiger partial charge < -0.3 is 15.8 Å². The van der Waals surface area contributed by atoms with E-state index in [1.165, 1.54) is 6.20 Å². The van der Waals surface area contributed by atoms with Gasteiger partial charge in [-0.05, 0) is 41.1 Å². The zero-order valence-corrected chi connectivity index (χ0v) is 13.3. The van der Waals surface area contributed by atoms with Crippen LogP contribution in [-0.2, 0) is 11.3 Å². The number of carbonyl (C=O) groups excluding carboxylic acids is 1. The van der Waals surface area contributed by atoms with Crippen molar-refractivity contribution in [3.63, 3.8) is 0 Å². The highest BCUT2D eigenvalue weighted by molar-refractivity contribution is 9.11. The fourth-order valence-corrected chi connectivity index (χ4v) is 3.03. The number of nitrogens with one attached hydrogen (secondary N) is 1. The number of aromatic nitrogens is 1. The Morgan fingerprint density at radius 2 is 2.35 bits per heavy atom. The molecule has 0 unspecified atom stereocenters. The van der Waals surface area contributed by atoms with Crippen molar-refractivity contribution in [2.45, 2.75) is 13.5 Å². The van der Waals surface area contributed by atoms with Crippen LogP contribution in [0, 0.1) is 0 Å². The molecule has 20 heavy (non-hydrogen) atoms. The predicted octanol–water partition coefficient (Wildman–Crippen LogP) is 3.28. The predicted molar refractivity (Wildman–Crippen MR) is 84.0 cm³/mol. The van der Waals surface area contributed by atoms with Crippen molar-refractivity contribution in [1.29, 1.82) is 0 Å². The minimum Gasteiger partial charge on any atom is -0.462 e. The molecule has 0 atom stereocenters.